The zero-order chi connectivity index (χ0) is 20.8. The molecule has 1 amide bonds. The van der Waals surface area contributed by atoms with Crippen LogP contribution in [0.2, 0.25) is 10.0 Å². The third kappa shape index (κ3) is 5.56. The zero-order valence-electron chi connectivity index (χ0n) is 14.7. The highest BCUT2D eigenvalue weighted by atomic mass is 35.5. The quantitative estimate of drug-likeness (QED) is 0.330. The highest BCUT2D eigenvalue weighted by molar-refractivity contribution is 6.34. The molecule has 1 N–H and O–H groups in total. The molecule has 0 saturated heterocycles. The summed E-state index contributed by atoms with van der Waals surface area (Å²) in [6.07, 6.45) is 1.30. The predicted molar refractivity (Wildman–Crippen MR) is 108 cm³/mol. The summed E-state index contributed by atoms with van der Waals surface area (Å²) in [6, 6.07) is 14.0. The number of benzene rings is 2. The van der Waals surface area contributed by atoms with Crippen LogP contribution in [-0.2, 0) is 4.79 Å². The lowest BCUT2D eigenvalue weighted by atomic mass is 10.1. The minimum absolute atomic E-state index is 0.0406. The van der Waals surface area contributed by atoms with Gasteiger partial charge < -0.3 is 9.15 Å². The molecule has 0 saturated carbocycles. The van der Waals surface area contributed by atoms with Crippen LogP contribution in [0.1, 0.15) is 5.76 Å². The number of rotatable bonds is 7. The Balaban J connectivity index is 1.56. The summed E-state index contributed by atoms with van der Waals surface area (Å²) < 4.78 is 10.9. The topological polar surface area (TPSA) is 107 Å². The van der Waals surface area contributed by atoms with Gasteiger partial charge in [0.2, 0.25) is 0 Å². The molecule has 3 rings (SSSR count). The first kappa shape index (κ1) is 20.4. The van der Waals surface area contributed by atoms with Crippen molar-refractivity contribution in [3.05, 3.63) is 80.5 Å². The van der Waals surface area contributed by atoms with Crippen molar-refractivity contribution < 1.29 is 18.9 Å². The Kier molecular flexibility index (Phi) is 6.48. The summed E-state index contributed by atoms with van der Waals surface area (Å²) in [4.78, 5) is 22.2. The molecule has 148 valence electrons. The van der Waals surface area contributed by atoms with Gasteiger partial charge in [0.15, 0.2) is 6.61 Å². The third-order valence-corrected chi connectivity index (χ3v) is 4.15. The van der Waals surface area contributed by atoms with Gasteiger partial charge in [-0.05, 0) is 24.3 Å². The first-order valence-corrected chi connectivity index (χ1v) is 8.92. The fraction of sp³-hybridized carbons (Fsp3) is 0.0526. The van der Waals surface area contributed by atoms with E-state index in [1.807, 2.05) is 0 Å². The minimum atomic E-state index is -0.511. The molecule has 8 nitrogen and oxygen atoms in total. The maximum atomic E-state index is 11.8. The van der Waals surface area contributed by atoms with E-state index < -0.39 is 10.8 Å². The molecule has 3 aromatic rings. The van der Waals surface area contributed by atoms with Crippen LogP contribution in [0, 0.1) is 10.1 Å². The zero-order valence-corrected chi connectivity index (χ0v) is 16.2. The molecule has 29 heavy (non-hydrogen) atoms. The second-order valence-corrected chi connectivity index (χ2v) is 6.51. The first-order valence-electron chi connectivity index (χ1n) is 8.17. The SMILES string of the molecule is O=C(COc1cc(Cl)ccc1Cl)NN=Cc1ccc(-c2cccc([N+](=O)[O-])c2)o1. The number of carbonyl (C=O) groups excluding carboxylic acids is 1. The summed E-state index contributed by atoms with van der Waals surface area (Å²) in [5.41, 5.74) is 2.80. The van der Waals surface area contributed by atoms with Crippen molar-refractivity contribution in [2.24, 2.45) is 5.10 Å². The van der Waals surface area contributed by atoms with Crippen molar-refractivity contribution in [2.75, 3.05) is 6.61 Å². The molecule has 0 aliphatic carbocycles. The Labute approximate surface area is 174 Å². The van der Waals surface area contributed by atoms with E-state index in [4.69, 9.17) is 32.4 Å². The molecule has 2 aromatic carbocycles. The lowest BCUT2D eigenvalue weighted by Gasteiger charge is -2.07. The van der Waals surface area contributed by atoms with Gasteiger partial charge >= 0.3 is 0 Å². The number of halogens is 2. The minimum Gasteiger partial charge on any atom is -0.482 e. The van der Waals surface area contributed by atoms with Crippen LogP contribution >= 0.6 is 23.2 Å². The van der Waals surface area contributed by atoms with Gasteiger partial charge in [-0.15, -0.1) is 0 Å². The number of carbonyl (C=O) groups is 1. The summed E-state index contributed by atoms with van der Waals surface area (Å²) in [6.45, 7) is -0.311. The van der Waals surface area contributed by atoms with Crippen molar-refractivity contribution in [2.45, 2.75) is 0 Å². The number of amides is 1. The van der Waals surface area contributed by atoms with Crippen LogP contribution in [0.15, 0.2) is 64.1 Å². The van der Waals surface area contributed by atoms with Crippen LogP contribution in [0.5, 0.6) is 5.75 Å². The van der Waals surface area contributed by atoms with E-state index in [0.29, 0.717) is 27.1 Å². The van der Waals surface area contributed by atoms with Gasteiger partial charge in [0.25, 0.3) is 11.6 Å². The number of furan rings is 1. The first-order chi connectivity index (χ1) is 13.9. The third-order valence-electron chi connectivity index (χ3n) is 3.60. The van der Waals surface area contributed by atoms with Crippen LogP contribution < -0.4 is 10.2 Å². The van der Waals surface area contributed by atoms with Gasteiger partial charge in [-0.1, -0.05) is 35.3 Å². The molecule has 0 fully saturated rings. The number of hydrazone groups is 1. The highest BCUT2D eigenvalue weighted by Crippen LogP contribution is 2.27. The van der Waals surface area contributed by atoms with Crippen LogP contribution in [-0.4, -0.2) is 23.7 Å². The maximum Gasteiger partial charge on any atom is 0.277 e. The predicted octanol–water partition coefficient (Wildman–Crippen LogP) is 4.69. The molecule has 0 bridgehead atoms. The number of non-ortho nitro benzene ring substituents is 1. The summed E-state index contributed by atoms with van der Waals surface area (Å²) in [5, 5.41) is 15.4. The van der Waals surface area contributed by atoms with Crippen molar-refractivity contribution >= 4 is 41.0 Å². The van der Waals surface area contributed by atoms with E-state index in [9.17, 15) is 14.9 Å². The van der Waals surface area contributed by atoms with Crippen molar-refractivity contribution in [1.82, 2.24) is 5.43 Å². The Bertz CT molecular complexity index is 1080. The fourth-order valence-corrected chi connectivity index (χ4v) is 2.62. The van der Waals surface area contributed by atoms with E-state index in [0.717, 1.165) is 0 Å². The lowest BCUT2D eigenvalue weighted by molar-refractivity contribution is -0.384. The number of nitrogens with one attached hydrogen (secondary N) is 1. The standard InChI is InChI=1S/C19H13Cl2N3O5/c20-13-4-6-16(21)18(9-13)28-11-19(25)23-22-10-15-5-7-17(29-15)12-2-1-3-14(8-12)24(26)27/h1-10H,11H2,(H,23,25). The van der Waals surface area contributed by atoms with E-state index in [-0.39, 0.29) is 18.0 Å². The average Bonchev–Trinajstić information content (AvgIpc) is 3.18. The van der Waals surface area contributed by atoms with Gasteiger partial charge in [-0.25, -0.2) is 5.43 Å². The smallest absolute Gasteiger partial charge is 0.277 e. The van der Waals surface area contributed by atoms with E-state index >= 15 is 0 Å². The Hall–Kier alpha value is -3.36. The monoisotopic (exact) mass is 433 g/mol. The van der Waals surface area contributed by atoms with Crippen LogP contribution in [0.3, 0.4) is 0 Å². The molecular formula is C19H13Cl2N3O5. The second-order valence-electron chi connectivity index (χ2n) is 5.67. The molecule has 0 radical (unpaired) electrons. The van der Waals surface area contributed by atoms with Gasteiger partial charge in [0.1, 0.15) is 17.3 Å². The van der Waals surface area contributed by atoms with Crippen molar-refractivity contribution in [3.63, 3.8) is 0 Å². The Morgan fingerprint density at radius 1 is 1.21 bits per heavy atom. The van der Waals surface area contributed by atoms with Gasteiger partial charge in [-0.3, -0.25) is 14.9 Å². The molecular weight excluding hydrogens is 421 g/mol. The van der Waals surface area contributed by atoms with E-state index in [1.54, 1.807) is 36.4 Å². The molecule has 0 aliphatic rings. The number of hydrogen-bond acceptors (Lipinski definition) is 6. The summed E-state index contributed by atoms with van der Waals surface area (Å²) in [7, 11) is 0. The van der Waals surface area contributed by atoms with E-state index in [1.165, 1.54) is 24.4 Å². The van der Waals surface area contributed by atoms with Crippen LogP contribution in [0.4, 0.5) is 5.69 Å². The molecule has 0 unspecified atom stereocenters. The highest BCUT2D eigenvalue weighted by Gasteiger charge is 2.10. The second kappa shape index (κ2) is 9.22. The summed E-state index contributed by atoms with van der Waals surface area (Å²) >= 11 is 11.8. The number of nitrogens with zero attached hydrogens (tertiary/aromatic N) is 2. The Morgan fingerprint density at radius 3 is 2.83 bits per heavy atom. The fourth-order valence-electron chi connectivity index (χ4n) is 2.28. The molecule has 1 heterocycles. The van der Waals surface area contributed by atoms with Gasteiger partial charge in [-0.2, -0.15) is 5.10 Å². The Morgan fingerprint density at radius 2 is 2.03 bits per heavy atom. The molecule has 10 heteroatoms. The van der Waals surface area contributed by atoms with Gasteiger partial charge in [0.05, 0.1) is 16.2 Å². The van der Waals surface area contributed by atoms with E-state index in [2.05, 4.69) is 10.5 Å². The normalized spacial score (nSPS) is 10.8. The molecule has 0 atom stereocenters. The van der Waals surface area contributed by atoms with Crippen LogP contribution in [0.25, 0.3) is 11.3 Å². The number of nitro benzene ring substituents is 1. The average molecular weight is 434 g/mol. The van der Waals surface area contributed by atoms with Gasteiger partial charge in [0, 0.05) is 28.8 Å². The maximum absolute atomic E-state index is 11.8. The number of hydrogen-bond donors (Lipinski definition) is 1. The van der Waals surface area contributed by atoms with Crippen molar-refractivity contribution in [1.29, 1.82) is 0 Å². The van der Waals surface area contributed by atoms with Crippen molar-refractivity contribution in [3.8, 4) is 17.1 Å². The lowest BCUT2D eigenvalue weighted by Crippen LogP contribution is -2.24. The number of nitro groups is 1. The summed E-state index contributed by atoms with van der Waals surface area (Å²) in [5.74, 6) is 0.555. The molecule has 1 aromatic heterocycles. The largest absolute Gasteiger partial charge is 0.482 e. The molecule has 0 spiro atoms. The molecule has 0 aliphatic heterocycles. The number of ether oxygens (including phenoxy) is 1.